The van der Waals surface area contributed by atoms with Crippen LogP contribution in [-0.4, -0.2) is 30.6 Å². The summed E-state index contributed by atoms with van der Waals surface area (Å²) in [5, 5.41) is 3.57. The topological polar surface area (TPSA) is 28.4 Å². The SMILES string of the molecule is CC(NCCN1CCC2CCCCC21)c1ccco1. The van der Waals surface area contributed by atoms with Crippen LogP contribution in [0.25, 0.3) is 0 Å². The lowest BCUT2D eigenvalue weighted by Gasteiger charge is -2.32. The summed E-state index contributed by atoms with van der Waals surface area (Å²) in [4.78, 5) is 2.71. The van der Waals surface area contributed by atoms with Crippen molar-refractivity contribution >= 4 is 0 Å². The van der Waals surface area contributed by atoms with Crippen molar-refractivity contribution in [2.75, 3.05) is 19.6 Å². The normalized spacial score (nSPS) is 29.3. The second kappa shape index (κ2) is 6.10. The third-order valence-electron chi connectivity index (χ3n) is 4.94. The van der Waals surface area contributed by atoms with Crippen LogP contribution < -0.4 is 5.32 Å². The van der Waals surface area contributed by atoms with Crippen molar-refractivity contribution in [1.29, 1.82) is 0 Å². The third-order valence-corrected chi connectivity index (χ3v) is 4.94. The Kier molecular flexibility index (Phi) is 4.24. The fourth-order valence-electron chi connectivity index (χ4n) is 3.84. The predicted molar refractivity (Wildman–Crippen MR) is 77.1 cm³/mol. The van der Waals surface area contributed by atoms with Gasteiger partial charge in [0.1, 0.15) is 5.76 Å². The van der Waals surface area contributed by atoms with Gasteiger partial charge in [-0.15, -0.1) is 0 Å². The van der Waals surface area contributed by atoms with E-state index in [4.69, 9.17) is 4.42 Å². The highest BCUT2D eigenvalue weighted by Crippen LogP contribution is 2.35. The Morgan fingerprint density at radius 2 is 2.26 bits per heavy atom. The number of fused-ring (bicyclic) bond motifs is 1. The molecule has 1 aliphatic heterocycles. The Hall–Kier alpha value is -0.800. The number of rotatable bonds is 5. The van der Waals surface area contributed by atoms with Gasteiger partial charge < -0.3 is 9.73 Å². The van der Waals surface area contributed by atoms with Gasteiger partial charge in [0.2, 0.25) is 0 Å². The zero-order valence-electron chi connectivity index (χ0n) is 12.0. The standard InChI is InChI=1S/C16H26N2O/c1-13(16-7-4-12-19-16)17-9-11-18-10-8-14-5-2-3-6-15(14)18/h4,7,12-15,17H,2-3,5-6,8-11H2,1H3. The molecule has 1 saturated heterocycles. The van der Waals surface area contributed by atoms with Crippen molar-refractivity contribution in [3.8, 4) is 0 Å². The fraction of sp³-hybridized carbons (Fsp3) is 0.750. The largest absolute Gasteiger partial charge is 0.468 e. The highest BCUT2D eigenvalue weighted by atomic mass is 16.3. The van der Waals surface area contributed by atoms with Gasteiger partial charge in [-0.25, -0.2) is 0 Å². The number of furan rings is 1. The van der Waals surface area contributed by atoms with E-state index >= 15 is 0 Å². The summed E-state index contributed by atoms with van der Waals surface area (Å²) in [6.07, 6.45) is 8.98. The summed E-state index contributed by atoms with van der Waals surface area (Å²) in [5.74, 6) is 2.04. The minimum absolute atomic E-state index is 0.319. The lowest BCUT2D eigenvalue weighted by Crippen LogP contribution is -2.39. The molecule has 1 saturated carbocycles. The van der Waals surface area contributed by atoms with E-state index in [0.29, 0.717) is 6.04 Å². The van der Waals surface area contributed by atoms with Crippen LogP contribution in [0.5, 0.6) is 0 Å². The molecule has 1 aromatic rings. The van der Waals surface area contributed by atoms with Crippen LogP contribution in [0, 0.1) is 5.92 Å². The Labute approximate surface area is 116 Å². The first-order valence-corrected chi connectivity index (χ1v) is 7.85. The first-order chi connectivity index (χ1) is 9.34. The molecule has 2 aliphatic rings. The van der Waals surface area contributed by atoms with Gasteiger partial charge in [-0.1, -0.05) is 12.8 Å². The van der Waals surface area contributed by atoms with Crippen molar-refractivity contribution in [3.63, 3.8) is 0 Å². The molecular weight excluding hydrogens is 236 g/mol. The first kappa shape index (κ1) is 13.2. The molecule has 2 heterocycles. The van der Waals surface area contributed by atoms with E-state index in [1.165, 1.54) is 45.2 Å². The van der Waals surface area contributed by atoms with Gasteiger partial charge in [0.25, 0.3) is 0 Å². The van der Waals surface area contributed by atoms with Crippen molar-refractivity contribution in [3.05, 3.63) is 24.2 Å². The van der Waals surface area contributed by atoms with Crippen molar-refractivity contribution in [2.24, 2.45) is 5.92 Å². The molecular formula is C16H26N2O. The lowest BCUT2D eigenvalue weighted by molar-refractivity contribution is 0.181. The zero-order chi connectivity index (χ0) is 13.1. The molecule has 19 heavy (non-hydrogen) atoms. The van der Waals surface area contributed by atoms with E-state index in [-0.39, 0.29) is 0 Å². The molecule has 3 heteroatoms. The number of hydrogen-bond donors (Lipinski definition) is 1. The Balaban J connectivity index is 1.43. The molecule has 106 valence electrons. The van der Waals surface area contributed by atoms with E-state index in [2.05, 4.69) is 17.1 Å². The molecule has 1 aliphatic carbocycles. The van der Waals surface area contributed by atoms with Gasteiger partial charge in [-0.3, -0.25) is 4.90 Å². The molecule has 0 spiro atoms. The summed E-state index contributed by atoms with van der Waals surface area (Å²) in [7, 11) is 0. The van der Waals surface area contributed by atoms with Crippen molar-refractivity contribution in [2.45, 2.75) is 51.1 Å². The van der Waals surface area contributed by atoms with Crippen LogP contribution >= 0.6 is 0 Å². The lowest BCUT2D eigenvalue weighted by atomic mass is 9.85. The van der Waals surface area contributed by atoms with Crippen LogP contribution in [-0.2, 0) is 0 Å². The Morgan fingerprint density at radius 3 is 3.11 bits per heavy atom. The minimum atomic E-state index is 0.319. The number of likely N-dealkylation sites (tertiary alicyclic amines) is 1. The van der Waals surface area contributed by atoms with Crippen LogP contribution in [0.15, 0.2) is 22.8 Å². The second-order valence-corrected chi connectivity index (χ2v) is 6.13. The summed E-state index contributed by atoms with van der Waals surface area (Å²) in [5.41, 5.74) is 0. The van der Waals surface area contributed by atoms with Gasteiger partial charge in [0.15, 0.2) is 0 Å². The molecule has 3 nitrogen and oxygen atoms in total. The molecule has 3 unspecified atom stereocenters. The van der Waals surface area contributed by atoms with Crippen LogP contribution in [0.4, 0.5) is 0 Å². The maximum Gasteiger partial charge on any atom is 0.120 e. The molecule has 3 atom stereocenters. The van der Waals surface area contributed by atoms with Crippen molar-refractivity contribution < 1.29 is 4.42 Å². The summed E-state index contributed by atoms with van der Waals surface area (Å²) >= 11 is 0. The molecule has 0 aromatic carbocycles. The van der Waals surface area contributed by atoms with E-state index in [9.17, 15) is 0 Å². The molecule has 0 radical (unpaired) electrons. The van der Waals surface area contributed by atoms with Crippen molar-refractivity contribution in [1.82, 2.24) is 10.2 Å². The summed E-state index contributed by atoms with van der Waals surface area (Å²) in [6.45, 7) is 5.73. The third kappa shape index (κ3) is 3.03. The highest BCUT2D eigenvalue weighted by Gasteiger charge is 2.34. The van der Waals surface area contributed by atoms with Gasteiger partial charge in [0, 0.05) is 19.1 Å². The smallest absolute Gasteiger partial charge is 0.120 e. The molecule has 3 rings (SSSR count). The predicted octanol–water partition coefficient (Wildman–Crippen LogP) is 3.19. The van der Waals surface area contributed by atoms with Crippen LogP contribution in [0.3, 0.4) is 0 Å². The molecule has 1 aromatic heterocycles. The van der Waals surface area contributed by atoms with E-state index < -0.39 is 0 Å². The van der Waals surface area contributed by atoms with E-state index in [1.807, 2.05) is 12.1 Å². The quantitative estimate of drug-likeness (QED) is 0.883. The zero-order valence-corrected chi connectivity index (χ0v) is 12.0. The summed E-state index contributed by atoms with van der Waals surface area (Å²) in [6, 6.07) is 5.21. The van der Waals surface area contributed by atoms with Gasteiger partial charge in [-0.05, 0) is 50.8 Å². The average Bonchev–Trinajstić information content (AvgIpc) is 3.08. The van der Waals surface area contributed by atoms with Crippen LogP contribution in [0.2, 0.25) is 0 Å². The molecule has 2 fully saturated rings. The molecule has 0 amide bonds. The molecule has 1 N–H and O–H groups in total. The number of nitrogens with one attached hydrogen (secondary N) is 1. The average molecular weight is 262 g/mol. The maximum absolute atomic E-state index is 5.43. The number of nitrogens with zero attached hydrogens (tertiary/aromatic N) is 1. The van der Waals surface area contributed by atoms with Gasteiger partial charge in [-0.2, -0.15) is 0 Å². The number of hydrogen-bond acceptors (Lipinski definition) is 3. The minimum Gasteiger partial charge on any atom is -0.468 e. The highest BCUT2D eigenvalue weighted by molar-refractivity contribution is 5.02. The monoisotopic (exact) mass is 262 g/mol. The van der Waals surface area contributed by atoms with E-state index in [1.54, 1.807) is 6.26 Å². The van der Waals surface area contributed by atoms with Gasteiger partial charge in [0.05, 0.1) is 12.3 Å². The summed E-state index contributed by atoms with van der Waals surface area (Å²) < 4.78 is 5.43. The van der Waals surface area contributed by atoms with E-state index in [0.717, 1.165) is 24.3 Å². The maximum atomic E-state index is 5.43. The Morgan fingerprint density at radius 1 is 1.37 bits per heavy atom. The first-order valence-electron chi connectivity index (χ1n) is 7.85. The molecule has 0 bridgehead atoms. The Bertz CT molecular complexity index is 376. The van der Waals surface area contributed by atoms with Gasteiger partial charge >= 0.3 is 0 Å². The second-order valence-electron chi connectivity index (χ2n) is 6.13. The van der Waals surface area contributed by atoms with Crippen LogP contribution in [0.1, 0.15) is 50.8 Å². The fourth-order valence-corrected chi connectivity index (χ4v) is 3.84.